The average Bonchev–Trinajstić information content (AvgIpc) is 2.92. The maximum atomic E-state index is 14.0. The number of rotatable bonds is 5. The van der Waals surface area contributed by atoms with E-state index in [1.807, 2.05) is 20.0 Å². The first-order valence-electron chi connectivity index (χ1n) is 7.64. The monoisotopic (exact) mass is 320 g/mol. The van der Waals surface area contributed by atoms with Crippen molar-refractivity contribution < 1.29 is 14.2 Å². The van der Waals surface area contributed by atoms with Gasteiger partial charge in [-0.25, -0.2) is 9.37 Å². The summed E-state index contributed by atoms with van der Waals surface area (Å²) in [4.78, 5) is 3.85. The zero-order valence-electron chi connectivity index (χ0n) is 13.4. The minimum absolute atomic E-state index is 0.0258. The molecule has 0 saturated heterocycles. The summed E-state index contributed by atoms with van der Waals surface area (Å²) >= 11 is 0. The van der Waals surface area contributed by atoms with Crippen molar-refractivity contribution in [1.29, 1.82) is 0 Å². The summed E-state index contributed by atoms with van der Waals surface area (Å²) in [5.41, 5.74) is 1.54. The molecule has 1 aliphatic carbocycles. The smallest absolute Gasteiger partial charge is 0.213 e. The number of hydrogen-bond donors (Lipinski definition) is 2. The third-order valence-electron chi connectivity index (χ3n) is 4.34. The molecular formula is C16H21FN4O2. The highest BCUT2D eigenvalue weighted by atomic mass is 19.1. The van der Waals surface area contributed by atoms with Crippen LogP contribution in [0.4, 0.5) is 4.39 Å². The topological polar surface area (TPSA) is 72.2 Å². The fourth-order valence-electron chi connectivity index (χ4n) is 3.02. The van der Waals surface area contributed by atoms with Gasteiger partial charge in [-0.05, 0) is 25.8 Å². The Hall–Kier alpha value is -1.99. The molecule has 2 heterocycles. The fourth-order valence-corrected chi connectivity index (χ4v) is 3.02. The number of aliphatic hydroxyl groups is 1. The predicted octanol–water partition coefficient (Wildman–Crippen LogP) is 1.76. The number of aliphatic hydroxyl groups excluding tert-OH is 1. The van der Waals surface area contributed by atoms with Gasteiger partial charge in [-0.3, -0.25) is 4.68 Å². The number of pyridine rings is 1. The van der Waals surface area contributed by atoms with Crippen LogP contribution in [0, 0.1) is 12.7 Å². The molecule has 124 valence electrons. The summed E-state index contributed by atoms with van der Waals surface area (Å²) in [6.45, 7) is 3.84. The minimum Gasteiger partial charge on any atom is -0.481 e. The lowest BCUT2D eigenvalue weighted by Gasteiger charge is -2.43. The number of nitrogens with zero attached hydrogens (tertiary/aromatic N) is 3. The van der Waals surface area contributed by atoms with Crippen LogP contribution in [0.5, 0.6) is 5.88 Å². The average molecular weight is 320 g/mol. The molecule has 3 rings (SSSR count). The second-order valence-corrected chi connectivity index (χ2v) is 6.03. The molecule has 2 N–H and O–H groups in total. The molecule has 2 aromatic heterocycles. The summed E-state index contributed by atoms with van der Waals surface area (Å²) in [6, 6.07) is 1.24. The number of methoxy groups -OCH3 is 1. The standard InChI is InChI=1S/C16H21FN4O2/c1-9-6-19-21(8-9)16-13(5-14(16)22)20-10(2)11-4-15(23-3)18-7-12(11)17/h4,6-8,10,13-14,16,20,22H,5H2,1-3H3/t10?,13-,14+,16+/m0/s1. The van der Waals surface area contributed by atoms with Gasteiger partial charge in [-0.2, -0.15) is 5.10 Å². The molecule has 0 spiro atoms. The van der Waals surface area contributed by atoms with Crippen molar-refractivity contribution in [3.63, 3.8) is 0 Å². The Kier molecular flexibility index (Phi) is 4.32. The fraction of sp³-hybridized carbons (Fsp3) is 0.500. The van der Waals surface area contributed by atoms with Crippen molar-refractivity contribution in [2.75, 3.05) is 7.11 Å². The van der Waals surface area contributed by atoms with Gasteiger partial charge in [0.25, 0.3) is 0 Å². The van der Waals surface area contributed by atoms with Crippen molar-refractivity contribution in [3.05, 3.63) is 41.6 Å². The van der Waals surface area contributed by atoms with E-state index in [1.54, 1.807) is 16.9 Å². The molecule has 4 atom stereocenters. The first kappa shape index (κ1) is 15.9. The van der Waals surface area contributed by atoms with E-state index in [2.05, 4.69) is 15.4 Å². The van der Waals surface area contributed by atoms with Crippen molar-refractivity contribution in [1.82, 2.24) is 20.1 Å². The Morgan fingerprint density at radius 2 is 2.26 bits per heavy atom. The van der Waals surface area contributed by atoms with Crippen molar-refractivity contribution in [3.8, 4) is 5.88 Å². The lowest BCUT2D eigenvalue weighted by molar-refractivity contribution is -0.0112. The zero-order chi connectivity index (χ0) is 16.6. The van der Waals surface area contributed by atoms with Crippen LogP contribution in [0.1, 0.15) is 36.6 Å². The number of aryl methyl sites for hydroxylation is 1. The van der Waals surface area contributed by atoms with Gasteiger partial charge in [0, 0.05) is 29.9 Å². The van der Waals surface area contributed by atoms with Crippen molar-refractivity contribution >= 4 is 0 Å². The van der Waals surface area contributed by atoms with Crippen LogP contribution in [0.3, 0.4) is 0 Å². The van der Waals surface area contributed by atoms with Gasteiger partial charge >= 0.3 is 0 Å². The van der Waals surface area contributed by atoms with Crippen LogP contribution in [0.2, 0.25) is 0 Å². The van der Waals surface area contributed by atoms with Crippen LogP contribution in [0.25, 0.3) is 0 Å². The molecule has 0 bridgehead atoms. The first-order chi connectivity index (χ1) is 11.0. The molecule has 1 unspecified atom stereocenters. The molecule has 6 nitrogen and oxygen atoms in total. The first-order valence-corrected chi connectivity index (χ1v) is 7.64. The van der Waals surface area contributed by atoms with E-state index in [-0.39, 0.29) is 23.9 Å². The normalized spacial score (nSPS) is 25.0. The van der Waals surface area contributed by atoms with Crippen LogP contribution in [-0.2, 0) is 0 Å². The van der Waals surface area contributed by atoms with E-state index in [9.17, 15) is 9.50 Å². The maximum Gasteiger partial charge on any atom is 0.213 e. The Bertz CT molecular complexity index is 690. The molecule has 1 fully saturated rings. The predicted molar refractivity (Wildman–Crippen MR) is 82.7 cm³/mol. The van der Waals surface area contributed by atoms with Crippen LogP contribution >= 0.6 is 0 Å². The molecule has 1 saturated carbocycles. The van der Waals surface area contributed by atoms with E-state index in [0.29, 0.717) is 17.9 Å². The van der Waals surface area contributed by atoms with Gasteiger partial charge in [-0.1, -0.05) is 0 Å². The second-order valence-electron chi connectivity index (χ2n) is 6.03. The third-order valence-corrected chi connectivity index (χ3v) is 4.34. The summed E-state index contributed by atoms with van der Waals surface area (Å²) in [5.74, 6) is 0.0000933. The number of halogens is 1. The Morgan fingerprint density at radius 1 is 1.48 bits per heavy atom. The number of hydrogen-bond acceptors (Lipinski definition) is 5. The van der Waals surface area contributed by atoms with E-state index < -0.39 is 6.10 Å². The molecule has 0 aliphatic heterocycles. The van der Waals surface area contributed by atoms with E-state index in [0.717, 1.165) is 11.8 Å². The van der Waals surface area contributed by atoms with Gasteiger partial charge in [0.05, 0.1) is 31.6 Å². The molecule has 1 aliphatic rings. The Morgan fingerprint density at radius 3 is 2.87 bits per heavy atom. The van der Waals surface area contributed by atoms with Gasteiger partial charge < -0.3 is 15.2 Å². The zero-order valence-corrected chi connectivity index (χ0v) is 13.4. The van der Waals surface area contributed by atoms with Gasteiger partial charge in [-0.15, -0.1) is 0 Å². The molecule has 7 heteroatoms. The van der Waals surface area contributed by atoms with E-state index in [1.165, 1.54) is 7.11 Å². The maximum absolute atomic E-state index is 14.0. The lowest BCUT2D eigenvalue weighted by atomic mass is 9.82. The molecule has 0 aromatic carbocycles. The highest BCUT2D eigenvalue weighted by Crippen LogP contribution is 2.34. The molecule has 0 amide bonds. The van der Waals surface area contributed by atoms with Crippen molar-refractivity contribution in [2.45, 2.75) is 44.5 Å². The minimum atomic E-state index is -0.448. The van der Waals surface area contributed by atoms with Crippen LogP contribution in [0.15, 0.2) is 24.7 Å². The van der Waals surface area contributed by atoms with Gasteiger partial charge in [0.1, 0.15) is 5.82 Å². The van der Waals surface area contributed by atoms with E-state index >= 15 is 0 Å². The molecular weight excluding hydrogens is 299 g/mol. The van der Waals surface area contributed by atoms with Crippen molar-refractivity contribution in [2.24, 2.45) is 0 Å². The second kappa shape index (κ2) is 6.25. The summed E-state index contributed by atoms with van der Waals surface area (Å²) < 4.78 is 20.8. The van der Waals surface area contributed by atoms with E-state index in [4.69, 9.17) is 4.74 Å². The SMILES string of the molecule is COc1cc(C(C)N[C@H]2C[C@@H](O)[C@@H]2n2cc(C)cn2)c(F)cn1. The number of ether oxygens (including phenoxy) is 1. The Labute approximate surface area is 134 Å². The summed E-state index contributed by atoms with van der Waals surface area (Å²) in [6.07, 6.45) is 4.99. The van der Waals surface area contributed by atoms with Gasteiger partial charge in [0.15, 0.2) is 0 Å². The van der Waals surface area contributed by atoms with Crippen LogP contribution in [-0.4, -0.2) is 39.1 Å². The largest absolute Gasteiger partial charge is 0.481 e. The quantitative estimate of drug-likeness (QED) is 0.878. The number of nitrogens with one attached hydrogen (secondary N) is 1. The summed E-state index contributed by atoms with van der Waals surface area (Å²) in [7, 11) is 1.50. The van der Waals surface area contributed by atoms with Gasteiger partial charge in [0.2, 0.25) is 5.88 Å². The highest BCUT2D eigenvalue weighted by Gasteiger charge is 2.42. The molecule has 23 heavy (non-hydrogen) atoms. The highest BCUT2D eigenvalue weighted by molar-refractivity contribution is 5.25. The summed E-state index contributed by atoms with van der Waals surface area (Å²) in [5, 5.41) is 17.7. The third kappa shape index (κ3) is 3.07. The lowest BCUT2D eigenvalue weighted by Crippen LogP contribution is -2.55. The molecule has 0 radical (unpaired) electrons. The van der Waals surface area contributed by atoms with Crippen LogP contribution < -0.4 is 10.1 Å². The molecule has 2 aromatic rings. The number of aromatic nitrogens is 3. The Balaban J connectivity index is 1.74.